The van der Waals surface area contributed by atoms with Gasteiger partial charge in [0.25, 0.3) is 0 Å². The number of carboxylic acid groups (broad SMARTS) is 1. The van der Waals surface area contributed by atoms with Crippen LogP contribution in [0, 0.1) is 0 Å². The fourth-order valence-electron chi connectivity index (χ4n) is 2.41. The Morgan fingerprint density at radius 1 is 1.68 bits per heavy atom. The van der Waals surface area contributed by atoms with Crippen LogP contribution in [0.3, 0.4) is 0 Å². The zero-order chi connectivity index (χ0) is 13.8. The third kappa shape index (κ3) is 3.05. The van der Waals surface area contributed by atoms with Gasteiger partial charge in [0.15, 0.2) is 0 Å². The molecular weight excluding hydrogens is 246 g/mol. The largest absolute Gasteiger partial charge is 0.480 e. The van der Waals surface area contributed by atoms with Crippen molar-refractivity contribution in [2.75, 3.05) is 26.8 Å². The van der Waals surface area contributed by atoms with Crippen LogP contribution in [0.1, 0.15) is 24.3 Å². The topological polar surface area (TPSA) is 62.9 Å². The van der Waals surface area contributed by atoms with Gasteiger partial charge in [-0.15, -0.1) is 0 Å². The van der Waals surface area contributed by atoms with Crippen molar-refractivity contribution in [3.8, 4) is 0 Å². The van der Waals surface area contributed by atoms with Crippen LogP contribution in [0.2, 0.25) is 0 Å². The van der Waals surface area contributed by atoms with Crippen molar-refractivity contribution < 1.29 is 19.1 Å². The summed E-state index contributed by atoms with van der Waals surface area (Å²) < 4.78 is 10.4. The van der Waals surface area contributed by atoms with E-state index in [1.54, 1.807) is 19.4 Å². The van der Waals surface area contributed by atoms with E-state index in [-0.39, 0.29) is 0 Å². The first kappa shape index (κ1) is 13.8. The molecule has 1 aromatic heterocycles. The van der Waals surface area contributed by atoms with E-state index in [2.05, 4.69) is 0 Å². The number of carbonyl (C=O) groups is 1. The average Bonchev–Trinajstić information content (AvgIpc) is 2.83. The van der Waals surface area contributed by atoms with Crippen molar-refractivity contribution in [3.05, 3.63) is 35.3 Å². The normalized spacial score (nSPS) is 20.3. The van der Waals surface area contributed by atoms with E-state index < -0.39 is 12.0 Å². The molecule has 0 spiro atoms. The molecule has 1 N–H and O–H groups in total. The molecule has 104 valence electrons. The molecule has 0 aliphatic carbocycles. The summed E-state index contributed by atoms with van der Waals surface area (Å²) in [6.07, 6.45) is 4.34. The molecule has 2 rings (SSSR count). The Morgan fingerprint density at radius 2 is 2.47 bits per heavy atom. The lowest BCUT2D eigenvalue weighted by Gasteiger charge is -2.31. The van der Waals surface area contributed by atoms with Gasteiger partial charge in [0, 0.05) is 32.2 Å². The van der Waals surface area contributed by atoms with Crippen molar-refractivity contribution in [1.29, 1.82) is 0 Å². The van der Waals surface area contributed by atoms with Crippen molar-refractivity contribution >= 4 is 5.97 Å². The van der Waals surface area contributed by atoms with Crippen LogP contribution >= 0.6 is 0 Å². The number of ether oxygens (including phenoxy) is 1. The van der Waals surface area contributed by atoms with Gasteiger partial charge in [-0.25, -0.2) is 0 Å². The SMILES string of the molecule is COC/C(C)=C/CN1CCc2occc2C1C(=O)O. The van der Waals surface area contributed by atoms with Gasteiger partial charge in [-0.2, -0.15) is 0 Å². The van der Waals surface area contributed by atoms with Crippen molar-refractivity contribution in [1.82, 2.24) is 4.90 Å². The number of hydrogen-bond acceptors (Lipinski definition) is 4. The molecule has 19 heavy (non-hydrogen) atoms. The zero-order valence-electron chi connectivity index (χ0n) is 11.3. The van der Waals surface area contributed by atoms with Gasteiger partial charge in [-0.05, 0) is 13.0 Å². The molecule has 1 aliphatic rings. The van der Waals surface area contributed by atoms with Gasteiger partial charge >= 0.3 is 5.97 Å². The van der Waals surface area contributed by atoms with Crippen LogP contribution in [0.25, 0.3) is 0 Å². The van der Waals surface area contributed by atoms with Crippen molar-refractivity contribution in [2.24, 2.45) is 0 Å². The molecule has 0 radical (unpaired) electrons. The molecule has 5 heteroatoms. The molecule has 0 saturated heterocycles. The predicted octanol–water partition coefficient (Wildman–Crippen LogP) is 1.86. The summed E-state index contributed by atoms with van der Waals surface area (Å²) in [5.74, 6) is -0.0404. The zero-order valence-corrected chi connectivity index (χ0v) is 11.3. The number of nitrogens with zero attached hydrogens (tertiary/aromatic N) is 1. The van der Waals surface area contributed by atoms with Crippen LogP contribution in [-0.2, 0) is 16.0 Å². The Morgan fingerprint density at radius 3 is 3.16 bits per heavy atom. The molecule has 0 saturated carbocycles. The number of hydrogen-bond donors (Lipinski definition) is 1. The van der Waals surface area contributed by atoms with Gasteiger partial charge in [-0.3, -0.25) is 9.69 Å². The summed E-state index contributed by atoms with van der Waals surface area (Å²) in [5.41, 5.74) is 1.88. The Balaban J connectivity index is 2.13. The third-order valence-corrected chi connectivity index (χ3v) is 3.35. The average molecular weight is 265 g/mol. The first-order valence-electron chi connectivity index (χ1n) is 6.31. The van der Waals surface area contributed by atoms with Gasteiger partial charge in [0.05, 0.1) is 12.9 Å². The van der Waals surface area contributed by atoms with Crippen LogP contribution in [0.15, 0.2) is 28.4 Å². The molecule has 0 fully saturated rings. The first-order chi connectivity index (χ1) is 9.13. The lowest BCUT2D eigenvalue weighted by atomic mass is 9.99. The third-order valence-electron chi connectivity index (χ3n) is 3.35. The lowest BCUT2D eigenvalue weighted by molar-refractivity contribution is -0.143. The van der Waals surface area contributed by atoms with E-state index >= 15 is 0 Å². The van der Waals surface area contributed by atoms with Gasteiger partial charge in [-0.1, -0.05) is 11.6 Å². The maximum absolute atomic E-state index is 11.5. The Bertz CT molecular complexity index is 478. The maximum Gasteiger partial charge on any atom is 0.325 e. The molecule has 0 amide bonds. The van der Waals surface area contributed by atoms with E-state index in [9.17, 15) is 9.90 Å². The van der Waals surface area contributed by atoms with Gasteiger partial charge in [0.2, 0.25) is 0 Å². The summed E-state index contributed by atoms with van der Waals surface area (Å²) in [4.78, 5) is 13.4. The van der Waals surface area contributed by atoms with Gasteiger partial charge in [0.1, 0.15) is 11.8 Å². The van der Waals surface area contributed by atoms with E-state index in [0.717, 1.165) is 23.3 Å². The summed E-state index contributed by atoms with van der Waals surface area (Å²) >= 11 is 0. The molecule has 2 heterocycles. The Kier molecular flexibility index (Phi) is 4.39. The number of methoxy groups -OCH3 is 1. The molecule has 1 aliphatic heterocycles. The molecule has 1 aromatic rings. The minimum absolute atomic E-state index is 0.572. The van der Waals surface area contributed by atoms with E-state index in [4.69, 9.17) is 9.15 Å². The second kappa shape index (κ2) is 6.04. The number of carboxylic acids is 1. The van der Waals surface area contributed by atoms with E-state index in [1.165, 1.54) is 0 Å². The number of aliphatic carboxylic acids is 1. The number of rotatable bonds is 5. The van der Waals surface area contributed by atoms with Crippen molar-refractivity contribution in [2.45, 2.75) is 19.4 Å². The second-order valence-electron chi connectivity index (χ2n) is 4.77. The Hall–Kier alpha value is -1.59. The summed E-state index contributed by atoms with van der Waals surface area (Å²) in [5, 5.41) is 9.41. The molecule has 1 atom stereocenters. The highest BCUT2D eigenvalue weighted by molar-refractivity contribution is 5.76. The molecular formula is C14H19NO4. The minimum Gasteiger partial charge on any atom is -0.480 e. The quantitative estimate of drug-likeness (QED) is 0.823. The highest BCUT2D eigenvalue weighted by Gasteiger charge is 2.33. The van der Waals surface area contributed by atoms with Crippen LogP contribution in [0.5, 0.6) is 0 Å². The smallest absolute Gasteiger partial charge is 0.325 e. The first-order valence-corrected chi connectivity index (χ1v) is 6.31. The summed E-state index contributed by atoms with van der Waals surface area (Å²) in [6, 6.07) is 1.14. The highest BCUT2D eigenvalue weighted by Crippen LogP contribution is 2.30. The molecule has 0 aromatic carbocycles. The van der Waals surface area contributed by atoms with Gasteiger partial charge < -0.3 is 14.3 Å². The van der Waals surface area contributed by atoms with Crippen LogP contribution in [-0.4, -0.2) is 42.8 Å². The standard InChI is InChI=1S/C14H19NO4/c1-10(9-18-2)3-6-15-7-4-12-11(5-8-19-12)13(15)14(16)17/h3,5,8,13H,4,6-7,9H2,1-2H3,(H,16,17)/b10-3+. The minimum atomic E-state index is -0.833. The lowest BCUT2D eigenvalue weighted by Crippen LogP contribution is -2.39. The fraction of sp³-hybridized carbons (Fsp3) is 0.500. The Labute approximate surface area is 112 Å². The molecule has 5 nitrogen and oxygen atoms in total. The predicted molar refractivity (Wildman–Crippen MR) is 70.0 cm³/mol. The number of fused-ring (bicyclic) bond motifs is 1. The van der Waals surface area contributed by atoms with Crippen molar-refractivity contribution in [3.63, 3.8) is 0 Å². The van der Waals surface area contributed by atoms with Crippen LogP contribution < -0.4 is 0 Å². The monoisotopic (exact) mass is 265 g/mol. The number of furan rings is 1. The summed E-state index contributed by atoms with van der Waals surface area (Å²) in [7, 11) is 1.65. The van der Waals surface area contributed by atoms with E-state index in [1.807, 2.05) is 17.9 Å². The molecule has 1 unspecified atom stereocenters. The second-order valence-corrected chi connectivity index (χ2v) is 4.77. The summed E-state index contributed by atoms with van der Waals surface area (Å²) in [6.45, 7) is 3.85. The van der Waals surface area contributed by atoms with E-state index in [0.29, 0.717) is 19.7 Å². The fourth-order valence-corrected chi connectivity index (χ4v) is 2.41. The highest BCUT2D eigenvalue weighted by atomic mass is 16.5. The maximum atomic E-state index is 11.5. The molecule has 0 bridgehead atoms. The van der Waals surface area contributed by atoms with Crippen LogP contribution in [0.4, 0.5) is 0 Å².